The second-order valence-electron chi connectivity index (χ2n) is 2.99. The van der Waals surface area contributed by atoms with Crippen molar-refractivity contribution in [3.8, 4) is 0 Å². The summed E-state index contributed by atoms with van der Waals surface area (Å²) < 4.78 is 2.18. The van der Waals surface area contributed by atoms with Crippen molar-refractivity contribution in [1.29, 1.82) is 0 Å². The fourth-order valence-corrected chi connectivity index (χ4v) is 1.14. The Hall–Kier alpha value is -1.25. The van der Waals surface area contributed by atoms with Crippen LogP contribution >= 0.6 is 0 Å². The van der Waals surface area contributed by atoms with Crippen LogP contribution in [0.15, 0.2) is 12.3 Å². The van der Waals surface area contributed by atoms with E-state index in [4.69, 9.17) is 9.90 Å². The van der Waals surface area contributed by atoms with Crippen molar-refractivity contribution >= 4 is 5.97 Å². The third-order valence-electron chi connectivity index (χ3n) is 1.61. The normalized spacial score (nSPS) is 8.92. The van der Waals surface area contributed by atoms with E-state index >= 15 is 0 Å². The Morgan fingerprint density at radius 1 is 1.62 bits per heavy atom. The third kappa shape index (κ3) is 5.06. The van der Waals surface area contributed by atoms with Crippen LogP contribution < -0.4 is 0 Å². The second kappa shape index (κ2) is 5.41. The highest BCUT2D eigenvalue weighted by Gasteiger charge is 1.94. The van der Waals surface area contributed by atoms with E-state index in [1.54, 1.807) is 0 Å². The first-order valence-corrected chi connectivity index (χ1v) is 4.28. The van der Waals surface area contributed by atoms with E-state index < -0.39 is 5.97 Å². The molecule has 0 aliphatic rings. The Kier molecular flexibility index (Phi) is 4.89. The maximum absolute atomic E-state index is 9.00. The zero-order valence-electron chi connectivity index (χ0n) is 8.66. The van der Waals surface area contributed by atoms with Crippen LogP contribution in [-0.4, -0.2) is 15.6 Å². The molecule has 1 heterocycles. The molecule has 3 heteroatoms. The minimum Gasteiger partial charge on any atom is -0.481 e. The van der Waals surface area contributed by atoms with Gasteiger partial charge in [-0.25, -0.2) is 0 Å². The third-order valence-corrected chi connectivity index (χ3v) is 1.61. The molecule has 0 fully saturated rings. The summed E-state index contributed by atoms with van der Waals surface area (Å²) in [5, 5.41) is 7.42. The highest BCUT2D eigenvalue weighted by Crippen LogP contribution is 2.05. The molecule has 1 aromatic heterocycles. The van der Waals surface area contributed by atoms with Crippen molar-refractivity contribution in [2.75, 3.05) is 0 Å². The Morgan fingerprint density at radius 3 is 2.23 bits per heavy atom. The average molecular weight is 183 g/mol. The summed E-state index contributed by atoms with van der Waals surface area (Å²) in [7, 11) is 2.09. The molecule has 0 amide bonds. The Labute approximate surface area is 79.0 Å². The number of aromatic nitrogens is 1. The van der Waals surface area contributed by atoms with Crippen molar-refractivity contribution in [2.24, 2.45) is 7.05 Å². The van der Waals surface area contributed by atoms with Gasteiger partial charge in [-0.15, -0.1) is 0 Å². The van der Waals surface area contributed by atoms with Crippen LogP contribution in [0.2, 0.25) is 0 Å². The average Bonchev–Trinajstić information content (AvgIpc) is 2.28. The lowest BCUT2D eigenvalue weighted by Gasteiger charge is -1.95. The summed E-state index contributed by atoms with van der Waals surface area (Å²) in [6, 6.07) is 2.22. The molecule has 0 aromatic carbocycles. The molecule has 0 atom stereocenters. The van der Waals surface area contributed by atoms with Crippen LogP contribution in [0.4, 0.5) is 0 Å². The van der Waals surface area contributed by atoms with Gasteiger partial charge < -0.3 is 9.67 Å². The van der Waals surface area contributed by atoms with Crippen molar-refractivity contribution in [2.45, 2.75) is 27.2 Å². The van der Waals surface area contributed by atoms with Crippen LogP contribution in [0.3, 0.4) is 0 Å². The standard InChI is InChI=1S/C8H13N.C2H4O2/c1-4-8-5-7(2)6-9(8)3;1-2(3)4/h5-6H,4H2,1-3H3;1H3,(H,3,4). The van der Waals surface area contributed by atoms with Crippen molar-refractivity contribution < 1.29 is 9.90 Å². The molecular weight excluding hydrogens is 166 g/mol. The first-order valence-electron chi connectivity index (χ1n) is 4.28. The van der Waals surface area contributed by atoms with Crippen molar-refractivity contribution in [3.63, 3.8) is 0 Å². The number of carbonyl (C=O) groups is 1. The largest absolute Gasteiger partial charge is 0.481 e. The molecule has 0 saturated carbocycles. The molecule has 0 spiro atoms. The summed E-state index contributed by atoms with van der Waals surface area (Å²) in [5.41, 5.74) is 2.77. The molecule has 0 radical (unpaired) electrons. The predicted octanol–water partition coefficient (Wildman–Crippen LogP) is 1.99. The van der Waals surface area contributed by atoms with E-state index in [0.29, 0.717) is 0 Å². The number of aryl methyl sites for hydroxylation is 3. The van der Waals surface area contributed by atoms with E-state index in [9.17, 15) is 0 Å². The number of rotatable bonds is 1. The number of hydrogen-bond acceptors (Lipinski definition) is 1. The highest BCUT2D eigenvalue weighted by atomic mass is 16.4. The molecule has 1 rings (SSSR count). The molecule has 0 saturated heterocycles. The molecular formula is C10H17NO2. The molecule has 1 aromatic rings. The van der Waals surface area contributed by atoms with E-state index in [0.717, 1.165) is 13.3 Å². The van der Waals surface area contributed by atoms with Gasteiger partial charge in [0.05, 0.1) is 0 Å². The fourth-order valence-electron chi connectivity index (χ4n) is 1.14. The molecule has 3 nitrogen and oxygen atoms in total. The van der Waals surface area contributed by atoms with Gasteiger partial charge in [-0.05, 0) is 25.0 Å². The van der Waals surface area contributed by atoms with Gasteiger partial charge >= 0.3 is 0 Å². The summed E-state index contributed by atoms with van der Waals surface area (Å²) in [5.74, 6) is -0.833. The molecule has 13 heavy (non-hydrogen) atoms. The van der Waals surface area contributed by atoms with E-state index in [1.807, 2.05) is 0 Å². The number of carboxylic acids is 1. The van der Waals surface area contributed by atoms with Gasteiger partial charge in [0.25, 0.3) is 5.97 Å². The van der Waals surface area contributed by atoms with Crippen molar-refractivity contribution in [1.82, 2.24) is 4.57 Å². The van der Waals surface area contributed by atoms with Crippen molar-refractivity contribution in [3.05, 3.63) is 23.5 Å². The molecule has 74 valence electrons. The second-order valence-corrected chi connectivity index (χ2v) is 2.99. The van der Waals surface area contributed by atoms with E-state index in [2.05, 4.69) is 37.7 Å². The first kappa shape index (κ1) is 11.8. The zero-order valence-corrected chi connectivity index (χ0v) is 8.66. The summed E-state index contributed by atoms with van der Waals surface area (Å²) in [6.45, 7) is 5.38. The summed E-state index contributed by atoms with van der Waals surface area (Å²) in [4.78, 5) is 9.00. The van der Waals surface area contributed by atoms with Gasteiger partial charge in [-0.2, -0.15) is 0 Å². The van der Waals surface area contributed by atoms with Gasteiger partial charge in [0.1, 0.15) is 0 Å². The molecule has 0 bridgehead atoms. The van der Waals surface area contributed by atoms with Gasteiger partial charge in [-0.3, -0.25) is 4.79 Å². The van der Waals surface area contributed by atoms with Crippen LogP contribution in [0, 0.1) is 6.92 Å². The highest BCUT2D eigenvalue weighted by molar-refractivity contribution is 5.62. The number of nitrogens with zero attached hydrogens (tertiary/aromatic N) is 1. The smallest absolute Gasteiger partial charge is 0.300 e. The van der Waals surface area contributed by atoms with Gasteiger partial charge in [-0.1, -0.05) is 6.92 Å². The van der Waals surface area contributed by atoms with E-state index in [-0.39, 0.29) is 0 Å². The first-order chi connectivity index (χ1) is 5.97. The monoisotopic (exact) mass is 183 g/mol. The Bertz CT molecular complexity index is 272. The summed E-state index contributed by atoms with van der Waals surface area (Å²) >= 11 is 0. The number of hydrogen-bond donors (Lipinski definition) is 1. The minimum atomic E-state index is -0.833. The lowest BCUT2D eigenvalue weighted by molar-refractivity contribution is -0.134. The lowest BCUT2D eigenvalue weighted by Crippen LogP contribution is -1.90. The topological polar surface area (TPSA) is 42.2 Å². The maximum Gasteiger partial charge on any atom is 0.300 e. The van der Waals surface area contributed by atoms with Crippen LogP contribution in [0.25, 0.3) is 0 Å². The Balaban J connectivity index is 0.000000310. The fraction of sp³-hybridized carbons (Fsp3) is 0.500. The molecule has 1 N–H and O–H groups in total. The van der Waals surface area contributed by atoms with Gasteiger partial charge in [0, 0.05) is 25.9 Å². The van der Waals surface area contributed by atoms with Crippen LogP contribution in [0.1, 0.15) is 25.1 Å². The quantitative estimate of drug-likeness (QED) is 0.723. The van der Waals surface area contributed by atoms with Gasteiger partial charge in [0.2, 0.25) is 0 Å². The molecule has 0 unspecified atom stereocenters. The zero-order chi connectivity index (χ0) is 10.4. The SMILES string of the molecule is CC(=O)O.CCc1cc(C)cn1C. The lowest BCUT2D eigenvalue weighted by atomic mass is 10.3. The van der Waals surface area contributed by atoms with E-state index in [1.165, 1.54) is 11.3 Å². The Morgan fingerprint density at radius 2 is 2.08 bits per heavy atom. The maximum atomic E-state index is 9.00. The van der Waals surface area contributed by atoms with Crippen LogP contribution in [0.5, 0.6) is 0 Å². The van der Waals surface area contributed by atoms with Crippen LogP contribution in [-0.2, 0) is 18.3 Å². The minimum absolute atomic E-state index is 0.833. The summed E-state index contributed by atoms with van der Waals surface area (Å²) in [6.07, 6.45) is 3.28. The number of aliphatic carboxylic acids is 1. The number of carboxylic acid groups (broad SMARTS) is 1. The molecule has 0 aliphatic carbocycles. The van der Waals surface area contributed by atoms with Gasteiger partial charge in [0.15, 0.2) is 0 Å². The predicted molar refractivity (Wildman–Crippen MR) is 52.8 cm³/mol. The molecule has 0 aliphatic heterocycles.